The van der Waals surface area contributed by atoms with Gasteiger partial charge in [0.2, 0.25) is 0 Å². The molecule has 4 heteroatoms. The van der Waals surface area contributed by atoms with E-state index < -0.39 is 0 Å². The van der Waals surface area contributed by atoms with Crippen molar-refractivity contribution < 1.29 is 19.0 Å². The molecule has 0 aliphatic carbocycles. The Balaban J connectivity index is 2.54. The Hall–Kier alpha value is -1.41. The molecule has 1 rings (SSSR count). The summed E-state index contributed by atoms with van der Waals surface area (Å²) < 4.78 is 23.7. The van der Waals surface area contributed by atoms with Gasteiger partial charge in [-0.05, 0) is 12.1 Å². The fourth-order valence-corrected chi connectivity index (χ4v) is 1.29. The second-order valence-electron chi connectivity index (χ2n) is 3.63. The van der Waals surface area contributed by atoms with Crippen LogP contribution in [0.15, 0.2) is 18.2 Å². The van der Waals surface area contributed by atoms with Gasteiger partial charge in [0.15, 0.2) is 0 Å². The van der Waals surface area contributed by atoms with Crippen molar-refractivity contribution in [3.8, 4) is 11.8 Å². The molecule has 18 heavy (non-hydrogen) atoms. The van der Waals surface area contributed by atoms with Crippen molar-refractivity contribution in [2.75, 3.05) is 26.9 Å². The number of halogens is 1. The molecule has 0 aliphatic rings. The third kappa shape index (κ3) is 5.28. The number of ether oxygens (including phenoxy) is 2. The summed E-state index contributed by atoms with van der Waals surface area (Å²) in [7, 11) is 1.59. The predicted molar refractivity (Wildman–Crippen MR) is 66.5 cm³/mol. The Kier molecular flexibility index (Phi) is 7.04. The van der Waals surface area contributed by atoms with Gasteiger partial charge >= 0.3 is 0 Å². The monoisotopic (exact) mass is 252 g/mol. The van der Waals surface area contributed by atoms with Gasteiger partial charge in [-0.2, -0.15) is 0 Å². The molecule has 1 N–H and O–H groups in total. The van der Waals surface area contributed by atoms with E-state index in [4.69, 9.17) is 14.6 Å². The van der Waals surface area contributed by atoms with E-state index in [0.29, 0.717) is 30.8 Å². The Bertz CT molecular complexity index is 421. The molecule has 0 atom stereocenters. The van der Waals surface area contributed by atoms with Crippen LogP contribution in [0.25, 0.3) is 0 Å². The number of hydrogen-bond acceptors (Lipinski definition) is 3. The SMILES string of the molecule is COCCOCc1ccc(C#CCCO)cc1F. The largest absolute Gasteiger partial charge is 0.395 e. The first-order valence-electron chi connectivity index (χ1n) is 5.72. The first kappa shape index (κ1) is 14.7. The van der Waals surface area contributed by atoms with Crippen molar-refractivity contribution >= 4 is 0 Å². The van der Waals surface area contributed by atoms with Crippen LogP contribution in [0.4, 0.5) is 4.39 Å². The maximum absolute atomic E-state index is 13.6. The third-order valence-corrected chi connectivity index (χ3v) is 2.21. The number of aliphatic hydroxyl groups is 1. The standard InChI is InChI=1S/C14H17FO3/c1-17-8-9-18-11-13-6-5-12(10-14(13)15)4-2-3-7-16/h5-6,10,16H,3,7-9,11H2,1H3. The second kappa shape index (κ2) is 8.65. The van der Waals surface area contributed by atoms with E-state index in [9.17, 15) is 4.39 Å². The topological polar surface area (TPSA) is 38.7 Å². The number of aliphatic hydroxyl groups excluding tert-OH is 1. The number of hydrogen-bond donors (Lipinski definition) is 1. The molecule has 1 aromatic carbocycles. The lowest BCUT2D eigenvalue weighted by Gasteiger charge is -2.05. The van der Waals surface area contributed by atoms with E-state index in [-0.39, 0.29) is 19.0 Å². The molecular weight excluding hydrogens is 235 g/mol. The van der Waals surface area contributed by atoms with Crippen molar-refractivity contribution in [3.63, 3.8) is 0 Å². The first-order valence-corrected chi connectivity index (χ1v) is 5.72. The van der Waals surface area contributed by atoms with Crippen LogP contribution >= 0.6 is 0 Å². The van der Waals surface area contributed by atoms with Gasteiger partial charge < -0.3 is 14.6 Å². The summed E-state index contributed by atoms with van der Waals surface area (Å²) in [4.78, 5) is 0. The average molecular weight is 252 g/mol. The molecule has 0 spiro atoms. The van der Waals surface area contributed by atoms with Crippen LogP contribution in [-0.4, -0.2) is 32.0 Å². The van der Waals surface area contributed by atoms with Crippen LogP contribution in [0.5, 0.6) is 0 Å². The normalized spacial score (nSPS) is 9.94. The summed E-state index contributed by atoms with van der Waals surface area (Å²) >= 11 is 0. The Labute approximate surface area is 107 Å². The van der Waals surface area contributed by atoms with Crippen LogP contribution in [0.3, 0.4) is 0 Å². The van der Waals surface area contributed by atoms with Crippen molar-refractivity contribution in [2.24, 2.45) is 0 Å². The third-order valence-electron chi connectivity index (χ3n) is 2.21. The fraction of sp³-hybridized carbons (Fsp3) is 0.429. The summed E-state index contributed by atoms with van der Waals surface area (Å²) in [6.45, 7) is 1.17. The Morgan fingerprint density at radius 2 is 2.17 bits per heavy atom. The van der Waals surface area contributed by atoms with Crippen molar-refractivity contribution in [1.29, 1.82) is 0 Å². The number of rotatable bonds is 6. The van der Waals surface area contributed by atoms with Gasteiger partial charge in [-0.1, -0.05) is 17.9 Å². The lowest BCUT2D eigenvalue weighted by molar-refractivity contribution is 0.0604. The molecular formula is C14H17FO3. The van der Waals surface area contributed by atoms with Gasteiger partial charge in [0.1, 0.15) is 5.82 Å². The minimum atomic E-state index is -0.330. The zero-order chi connectivity index (χ0) is 13.2. The maximum atomic E-state index is 13.6. The molecule has 98 valence electrons. The first-order chi connectivity index (χ1) is 8.77. The van der Waals surface area contributed by atoms with Crippen molar-refractivity contribution in [3.05, 3.63) is 35.1 Å². The van der Waals surface area contributed by atoms with Gasteiger partial charge in [0.05, 0.1) is 26.4 Å². The van der Waals surface area contributed by atoms with Crippen LogP contribution in [0, 0.1) is 17.7 Å². The second-order valence-corrected chi connectivity index (χ2v) is 3.63. The number of benzene rings is 1. The highest BCUT2D eigenvalue weighted by Crippen LogP contribution is 2.11. The van der Waals surface area contributed by atoms with Crippen molar-refractivity contribution in [1.82, 2.24) is 0 Å². The molecule has 0 saturated heterocycles. The van der Waals surface area contributed by atoms with Gasteiger partial charge in [0, 0.05) is 24.7 Å². The molecule has 0 aromatic heterocycles. The minimum Gasteiger partial charge on any atom is -0.395 e. The zero-order valence-corrected chi connectivity index (χ0v) is 10.4. The lowest BCUT2D eigenvalue weighted by atomic mass is 10.1. The molecule has 0 saturated carbocycles. The molecule has 0 aliphatic heterocycles. The molecule has 0 unspecified atom stereocenters. The summed E-state index contributed by atoms with van der Waals surface area (Å²) in [6, 6.07) is 4.77. The molecule has 0 fully saturated rings. The molecule has 0 amide bonds. The van der Waals surface area contributed by atoms with E-state index in [0.717, 1.165) is 0 Å². The molecule has 3 nitrogen and oxygen atoms in total. The van der Waals surface area contributed by atoms with E-state index in [1.807, 2.05) is 0 Å². The molecule has 0 bridgehead atoms. The summed E-state index contributed by atoms with van der Waals surface area (Å²) in [5.41, 5.74) is 1.10. The Morgan fingerprint density at radius 3 is 2.83 bits per heavy atom. The van der Waals surface area contributed by atoms with Gasteiger partial charge in [-0.3, -0.25) is 0 Å². The molecule has 0 heterocycles. The average Bonchev–Trinajstić information content (AvgIpc) is 2.37. The predicted octanol–water partition coefficient (Wildman–Crippen LogP) is 1.72. The highest BCUT2D eigenvalue weighted by atomic mass is 19.1. The Morgan fingerprint density at radius 1 is 1.33 bits per heavy atom. The minimum absolute atomic E-state index is 0.0148. The van der Waals surface area contributed by atoms with E-state index in [1.165, 1.54) is 6.07 Å². The maximum Gasteiger partial charge on any atom is 0.129 e. The lowest BCUT2D eigenvalue weighted by Crippen LogP contribution is -2.03. The fourth-order valence-electron chi connectivity index (χ4n) is 1.29. The van der Waals surface area contributed by atoms with Crippen LogP contribution in [0.2, 0.25) is 0 Å². The van der Waals surface area contributed by atoms with Crippen LogP contribution < -0.4 is 0 Å². The summed E-state index contributed by atoms with van der Waals surface area (Å²) in [5.74, 6) is 5.19. The van der Waals surface area contributed by atoms with Crippen LogP contribution in [0.1, 0.15) is 17.5 Å². The van der Waals surface area contributed by atoms with Crippen LogP contribution in [-0.2, 0) is 16.1 Å². The van der Waals surface area contributed by atoms with E-state index in [1.54, 1.807) is 19.2 Å². The smallest absolute Gasteiger partial charge is 0.129 e. The zero-order valence-electron chi connectivity index (χ0n) is 10.4. The van der Waals surface area contributed by atoms with E-state index in [2.05, 4.69) is 11.8 Å². The van der Waals surface area contributed by atoms with Gasteiger partial charge in [-0.25, -0.2) is 4.39 Å². The molecule has 0 radical (unpaired) electrons. The van der Waals surface area contributed by atoms with Gasteiger partial charge in [0.25, 0.3) is 0 Å². The van der Waals surface area contributed by atoms with Crippen molar-refractivity contribution in [2.45, 2.75) is 13.0 Å². The summed E-state index contributed by atoms with van der Waals surface area (Å²) in [5, 5.41) is 8.58. The van der Waals surface area contributed by atoms with E-state index >= 15 is 0 Å². The quantitative estimate of drug-likeness (QED) is 0.619. The highest BCUT2D eigenvalue weighted by Gasteiger charge is 2.02. The summed E-state index contributed by atoms with van der Waals surface area (Å²) in [6.07, 6.45) is 0.392. The highest BCUT2D eigenvalue weighted by molar-refractivity contribution is 5.36. The number of methoxy groups -OCH3 is 1. The molecule has 1 aromatic rings. The van der Waals surface area contributed by atoms with Gasteiger partial charge in [-0.15, -0.1) is 0 Å².